The van der Waals surface area contributed by atoms with Gasteiger partial charge in [-0.1, -0.05) is 12.1 Å². The maximum atomic E-state index is 12.9. The zero-order valence-corrected chi connectivity index (χ0v) is 18.0. The summed E-state index contributed by atoms with van der Waals surface area (Å²) in [5.74, 6) is 1.45. The summed E-state index contributed by atoms with van der Waals surface area (Å²) in [4.78, 5) is 28.2. The number of anilines is 1. The van der Waals surface area contributed by atoms with E-state index in [0.717, 1.165) is 35.2 Å². The number of likely N-dealkylation sites (tertiary alicyclic amines) is 1. The van der Waals surface area contributed by atoms with E-state index in [1.807, 2.05) is 24.3 Å². The van der Waals surface area contributed by atoms with E-state index in [0.29, 0.717) is 18.5 Å². The Morgan fingerprint density at radius 1 is 1.20 bits per heavy atom. The summed E-state index contributed by atoms with van der Waals surface area (Å²) in [5, 5.41) is 6.01. The molecule has 0 radical (unpaired) electrons. The van der Waals surface area contributed by atoms with Crippen LogP contribution in [0.15, 0.2) is 47.4 Å². The van der Waals surface area contributed by atoms with Crippen LogP contribution in [0.25, 0.3) is 0 Å². The molecule has 2 aromatic rings. The molecule has 2 aliphatic heterocycles. The van der Waals surface area contributed by atoms with Crippen LogP contribution in [0.5, 0.6) is 5.75 Å². The van der Waals surface area contributed by atoms with Gasteiger partial charge in [0, 0.05) is 29.2 Å². The molecular weight excluding hydrogens is 398 g/mol. The van der Waals surface area contributed by atoms with Crippen LogP contribution >= 0.6 is 11.8 Å². The summed E-state index contributed by atoms with van der Waals surface area (Å²) in [5.41, 5.74) is 2.46. The maximum Gasteiger partial charge on any atom is 0.251 e. The topological polar surface area (TPSA) is 70.7 Å². The van der Waals surface area contributed by atoms with Gasteiger partial charge in [-0.15, -0.1) is 11.8 Å². The van der Waals surface area contributed by atoms with Crippen LogP contribution in [0, 0.1) is 0 Å². The van der Waals surface area contributed by atoms with Gasteiger partial charge in [-0.3, -0.25) is 14.5 Å². The van der Waals surface area contributed by atoms with E-state index >= 15 is 0 Å². The number of carbonyl (C=O) groups excluding carboxylic acids is 2. The van der Waals surface area contributed by atoms with Crippen molar-refractivity contribution in [2.24, 2.45) is 0 Å². The summed E-state index contributed by atoms with van der Waals surface area (Å²) in [6.07, 6.45) is 2.85. The van der Waals surface area contributed by atoms with E-state index in [1.54, 1.807) is 24.9 Å². The Kier molecular flexibility index (Phi) is 6.59. The Labute approximate surface area is 181 Å². The highest BCUT2D eigenvalue weighted by atomic mass is 32.2. The molecule has 2 aliphatic rings. The third-order valence-electron chi connectivity index (χ3n) is 5.64. The zero-order chi connectivity index (χ0) is 20.9. The van der Waals surface area contributed by atoms with Gasteiger partial charge in [-0.05, 0) is 61.8 Å². The molecule has 30 heavy (non-hydrogen) atoms. The summed E-state index contributed by atoms with van der Waals surface area (Å²) in [6, 6.07) is 13.7. The lowest BCUT2D eigenvalue weighted by Gasteiger charge is -2.28. The quantitative estimate of drug-likeness (QED) is 0.739. The van der Waals surface area contributed by atoms with Gasteiger partial charge in [0.25, 0.3) is 5.91 Å². The van der Waals surface area contributed by atoms with Gasteiger partial charge in [0.2, 0.25) is 5.91 Å². The number of nitrogens with one attached hydrogen (secondary N) is 2. The molecule has 2 heterocycles. The summed E-state index contributed by atoms with van der Waals surface area (Å²) < 4.78 is 5.28. The number of benzene rings is 2. The molecule has 0 unspecified atom stereocenters. The minimum absolute atomic E-state index is 0.00703. The van der Waals surface area contributed by atoms with Crippen LogP contribution in [-0.4, -0.2) is 49.2 Å². The fourth-order valence-corrected chi connectivity index (χ4v) is 4.93. The van der Waals surface area contributed by atoms with Crippen LogP contribution in [-0.2, 0) is 4.79 Å². The first-order chi connectivity index (χ1) is 14.6. The van der Waals surface area contributed by atoms with Crippen LogP contribution < -0.4 is 15.4 Å². The number of nitrogens with zero attached hydrogens (tertiary/aromatic N) is 1. The Bertz CT molecular complexity index is 910. The SMILES string of the molecule is COc1ccc([C@@H](CNC(=O)c2ccc3c(c2)NC(=O)CCS3)N2CCCC2)cc1. The smallest absolute Gasteiger partial charge is 0.251 e. The molecule has 158 valence electrons. The monoisotopic (exact) mass is 425 g/mol. The van der Waals surface area contributed by atoms with Gasteiger partial charge in [0.15, 0.2) is 0 Å². The molecule has 1 atom stereocenters. The van der Waals surface area contributed by atoms with Crippen molar-refractivity contribution >= 4 is 29.3 Å². The molecule has 1 saturated heterocycles. The molecule has 2 amide bonds. The third-order valence-corrected chi connectivity index (χ3v) is 6.72. The van der Waals surface area contributed by atoms with Crippen molar-refractivity contribution < 1.29 is 14.3 Å². The number of methoxy groups -OCH3 is 1. The number of hydrogen-bond acceptors (Lipinski definition) is 5. The van der Waals surface area contributed by atoms with Gasteiger partial charge in [0.05, 0.1) is 18.8 Å². The second-order valence-electron chi connectivity index (χ2n) is 7.60. The van der Waals surface area contributed by atoms with Crippen LogP contribution in [0.4, 0.5) is 5.69 Å². The molecule has 2 aromatic carbocycles. The minimum Gasteiger partial charge on any atom is -0.497 e. The lowest BCUT2D eigenvalue weighted by atomic mass is 10.0. The number of amides is 2. The van der Waals surface area contributed by atoms with E-state index in [-0.39, 0.29) is 17.9 Å². The van der Waals surface area contributed by atoms with Gasteiger partial charge in [-0.25, -0.2) is 0 Å². The molecule has 0 bridgehead atoms. The Morgan fingerprint density at radius 2 is 1.97 bits per heavy atom. The molecule has 0 aliphatic carbocycles. The first kappa shape index (κ1) is 20.8. The Hall–Kier alpha value is -2.51. The lowest BCUT2D eigenvalue weighted by molar-refractivity contribution is -0.115. The second kappa shape index (κ2) is 9.53. The highest BCUT2D eigenvalue weighted by molar-refractivity contribution is 7.99. The summed E-state index contributed by atoms with van der Waals surface area (Å²) in [6.45, 7) is 2.60. The maximum absolute atomic E-state index is 12.9. The summed E-state index contributed by atoms with van der Waals surface area (Å²) in [7, 11) is 1.66. The first-order valence-corrected chi connectivity index (χ1v) is 11.4. The standard InChI is InChI=1S/C23H27N3O3S/c1-29-18-7-4-16(5-8-18)20(26-11-2-3-12-26)15-24-23(28)17-6-9-21-19(14-17)25-22(27)10-13-30-21/h4-9,14,20H,2-3,10-13,15H2,1H3,(H,24,28)(H,25,27)/t20-/m1/s1. The van der Waals surface area contributed by atoms with Crippen molar-refractivity contribution in [3.63, 3.8) is 0 Å². The van der Waals surface area contributed by atoms with E-state index in [4.69, 9.17) is 4.74 Å². The van der Waals surface area contributed by atoms with Crippen LogP contribution in [0.3, 0.4) is 0 Å². The molecule has 7 heteroatoms. The normalized spacial score (nSPS) is 17.6. The second-order valence-corrected chi connectivity index (χ2v) is 8.74. The van der Waals surface area contributed by atoms with Gasteiger partial charge in [0.1, 0.15) is 5.75 Å². The van der Waals surface area contributed by atoms with Crippen molar-refractivity contribution in [3.8, 4) is 5.75 Å². The molecule has 0 spiro atoms. The van der Waals surface area contributed by atoms with Crippen molar-refractivity contribution in [2.45, 2.75) is 30.2 Å². The molecule has 1 fully saturated rings. The fourth-order valence-electron chi connectivity index (χ4n) is 3.99. The Balaban J connectivity index is 1.47. The van der Waals surface area contributed by atoms with Crippen LogP contribution in [0.1, 0.15) is 41.2 Å². The molecule has 0 saturated carbocycles. The van der Waals surface area contributed by atoms with Crippen LogP contribution in [0.2, 0.25) is 0 Å². The van der Waals surface area contributed by atoms with Crippen molar-refractivity contribution in [2.75, 3.05) is 37.8 Å². The third kappa shape index (κ3) is 4.79. The average Bonchev–Trinajstić information content (AvgIpc) is 3.22. The fraction of sp³-hybridized carbons (Fsp3) is 0.391. The number of fused-ring (bicyclic) bond motifs is 1. The minimum atomic E-state index is -0.126. The van der Waals surface area contributed by atoms with E-state index in [1.165, 1.54) is 18.4 Å². The lowest BCUT2D eigenvalue weighted by Crippen LogP contribution is -2.36. The number of hydrogen-bond donors (Lipinski definition) is 2. The largest absolute Gasteiger partial charge is 0.497 e. The van der Waals surface area contributed by atoms with E-state index in [9.17, 15) is 9.59 Å². The van der Waals surface area contributed by atoms with Crippen molar-refractivity contribution in [3.05, 3.63) is 53.6 Å². The van der Waals surface area contributed by atoms with Crippen molar-refractivity contribution in [1.82, 2.24) is 10.2 Å². The van der Waals surface area contributed by atoms with E-state index in [2.05, 4.69) is 27.7 Å². The molecule has 2 N–H and O–H groups in total. The predicted molar refractivity (Wildman–Crippen MR) is 119 cm³/mol. The first-order valence-electron chi connectivity index (χ1n) is 10.4. The van der Waals surface area contributed by atoms with Gasteiger partial charge >= 0.3 is 0 Å². The number of thioether (sulfide) groups is 1. The predicted octanol–water partition coefficient (Wildman–Crippen LogP) is 3.70. The van der Waals surface area contributed by atoms with Gasteiger partial charge < -0.3 is 15.4 Å². The number of carbonyl (C=O) groups is 2. The van der Waals surface area contributed by atoms with E-state index < -0.39 is 0 Å². The average molecular weight is 426 g/mol. The number of rotatable bonds is 6. The highest BCUT2D eigenvalue weighted by Crippen LogP contribution is 2.31. The molecule has 0 aromatic heterocycles. The number of ether oxygens (including phenoxy) is 1. The molecule has 6 nitrogen and oxygen atoms in total. The summed E-state index contributed by atoms with van der Waals surface area (Å²) >= 11 is 1.64. The highest BCUT2D eigenvalue weighted by Gasteiger charge is 2.24. The Morgan fingerprint density at radius 3 is 2.70 bits per heavy atom. The van der Waals surface area contributed by atoms with Crippen molar-refractivity contribution in [1.29, 1.82) is 0 Å². The molecule has 4 rings (SSSR count). The molecular formula is C23H27N3O3S. The van der Waals surface area contributed by atoms with Gasteiger partial charge in [-0.2, -0.15) is 0 Å². The zero-order valence-electron chi connectivity index (χ0n) is 17.1.